The van der Waals surface area contributed by atoms with E-state index in [1.165, 1.54) is 45.4 Å². The Kier molecular flexibility index (Phi) is 3.42. The maximum absolute atomic E-state index is 5.84. The van der Waals surface area contributed by atoms with Crippen LogP contribution in [0.5, 0.6) is 0 Å². The lowest BCUT2D eigenvalue weighted by Crippen LogP contribution is -2.56. The van der Waals surface area contributed by atoms with Crippen molar-refractivity contribution in [1.29, 1.82) is 0 Å². The highest BCUT2D eigenvalue weighted by Crippen LogP contribution is 2.20. The van der Waals surface area contributed by atoms with Gasteiger partial charge >= 0.3 is 0 Å². The van der Waals surface area contributed by atoms with Crippen molar-refractivity contribution in [2.45, 2.75) is 38.3 Å². The second kappa shape index (κ2) is 4.60. The molecule has 0 radical (unpaired) electrons. The average Bonchev–Trinajstić information content (AvgIpc) is 2.17. The Bertz CT molecular complexity index is 181. The summed E-state index contributed by atoms with van der Waals surface area (Å²) in [6.45, 7) is 8.24. The largest absolute Gasteiger partial charge is 0.327 e. The highest BCUT2D eigenvalue weighted by molar-refractivity contribution is 4.85. The van der Waals surface area contributed by atoms with Gasteiger partial charge in [0, 0.05) is 38.3 Å². The molecule has 0 spiro atoms. The SMILES string of the molecule is CC(N)CN1CCN2CCCCC2C1. The standard InChI is InChI=1S/C11H23N3/c1-10(12)8-13-6-7-14-5-3-2-4-11(14)9-13/h10-11H,2-9,12H2,1H3. The molecule has 3 heteroatoms. The zero-order valence-electron chi connectivity index (χ0n) is 9.28. The molecule has 0 amide bonds. The molecule has 2 atom stereocenters. The van der Waals surface area contributed by atoms with E-state index in [0.717, 1.165) is 12.6 Å². The predicted octanol–water partition coefficient (Wildman–Crippen LogP) is 0.504. The molecule has 0 aromatic carbocycles. The average molecular weight is 197 g/mol. The molecule has 2 aliphatic rings. The van der Waals surface area contributed by atoms with Crippen LogP contribution in [0, 0.1) is 0 Å². The van der Waals surface area contributed by atoms with Crippen LogP contribution in [0.1, 0.15) is 26.2 Å². The van der Waals surface area contributed by atoms with Gasteiger partial charge in [0.2, 0.25) is 0 Å². The number of piperazine rings is 1. The van der Waals surface area contributed by atoms with Crippen molar-refractivity contribution in [2.24, 2.45) is 5.73 Å². The Morgan fingerprint density at radius 1 is 1.29 bits per heavy atom. The summed E-state index contributed by atoms with van der Waals surface area (Å²) in [6.07, 6.45) is 4.23. The number of hydrogen-bond acceptors (Lipinski definition) is 3. The smallest absolute Gasteiger partial charge is 0.0223 e. The number of piperidine rings is 1. The summed E-state index contributed by atoms with van der Waals surface area (Å²) in [5.41, 5.74) is 5.84. The summed E-state index contributed by atoms with van der Waals surface area (Å²) in [7, 11) is 0. The minimum Gasteiger partial charge on any atom is -0.327 e. The van der Waals surface area contributed by atoms with Crippen LogP contribution >= 0.6 is 0 Å². The van der Waals surface area contributed by atoms with Crippen molar-refractivity contribution in [3.05, 3.63) is 0 Å². The number of rotatable bonds is 2. The Labute approximate surface area is 87.2 Å². The molecule has 14 heavy (non-hydrogen) atoms. The molecule has 0 saturated carbocycles. The first-order valence-electron chi connectivity index (χ1n) is 5.97. The fraction of sp³-hybridized carbons (Fsp3) is 1.00. The maximum atomic E-state index is 5.84. The van der Waals surface area contributed by atoms with Crippen molar-refractivity contribution >= 4 is 0 Å². The van der Waals surface area contributed by atoms with E-state index >= 15 is 0 Å². The third kappa shape index (κ3) is 2.47. The van der Waals surface area contributed by atoms with Crippen molar-refractivity contribution in [2.75, 3.05) is 32.7 Å². The van der Waals surface area contributed by atoms with E-state index in [0.29, 0.717) is 6.04 Å². The molecule has 2 fully saturated rings. The van der Waals surface area contributed by atoms with Gasteiger partial charge in [-0.25, -0.2) is 0 Å². The molecule has 2 aliphatic heterocycles. The van der Waals surface area contributed by atoms with Gasteiger partial charge in [-0.1, -0.05) is 6.42 Å². The third-order valence-corrected chi connectivity index (χ3v) is 3.47. The predicted molar refractivity (Wildman–Crippen MR) is 59.3 cm³/mol. The molecule has 2 heterocycles. The molecule has 0 bridgehead atoms. The molecule has 2 saturated heterocycles. The molecular formula is C11H23N3. The van der Waals surface area contributed by atoms with Gasteiger partial charge in [-0.2, -0.15) is 0 Å². The molecule has 2 unspecified atom stereocenters. The second-order valence-corrected chi connectivity index (χ2v) is 4.92. The normalized spacial score (nSPS) is 32.6. The van der Waals surface area contributed by atoms with Crippen LogP contribution in [0.3, 0.4) is 0 Å². The summed E-state index contributed by atoms with van der Waals surface area (Å²) in [4.78, 5) is 5.21. The minimum absolute atomic E-state index is 0.324. The van der Waals surface area contributed by atoms with Crippen LogP contribution in [-0.2, 0) is 0 Å². The first-order valence-corrected chi connectivity index (χ1v) is 5.97. The molecule has 2 N–H and O–H groups in total. The van der Waals surface area contributed by atoms with Crippen molar-refractivity contribution in [3.63, 3.8) is 0 Å². The molecular weight excluding hydrogens is 174 g/mol. The lowest BCUT2D eigenvalue weighted by Gasteiger charge is -2.44. The van der Waals surface area contributed by atoms with Gasteiger partial charge in [0.15, 0.2) is 0 Å². The van der Waals surface area contributed by atoms with E-state index in [-0.39, 0.29) is 0 Å². The zero-order valence-corrected chi connectivity index (χ0v) is 9.28. The first-order chi connectivity index (χ1) is 6.75. The number of nitrogens with zero attached hydrogens (tertiary/aromatic N) is 2. The second-order valence-electron chi connectivity index (χ2n) is 4.92. The summed E-state index contributed by atoms with van der Waals surface area (Å²) in [6, 6.07) is 1.15. The third-order valence-electron chi connectivity index (χ3n) is 3.47. The summed E-state index contributed by atoms with van der Waals surface area (Å²) in [5, 5.41) is 0. The number of fused-ring (bicyclic) bond motifs is 1. The van der Waals surface area contributed by atoms with Crippen LogP contribution < -0.4 is 5.73 Å². The Morgan fingerprint density at radius 3 is 2.93 bits per heavy atom. The van der Waals surface area contributed by atoms with E-state index < -0.39 is 0 Å². The quantitative estimate of drug-likeness (QED) is 0.700. The lowest BCUT2D eigenvalue weighted by atomic mass is 9.99. The van der Waals surface area contributed by atoms with Crippen LogP contribution in [0.15, 0.2) is 0 Å². The van der Waals surface area contributed by atoms with Gasteiger partial charge in [0.05, 0.1) is 0 Å². The Hall–Kier alpha value is -0.120. The van der Waals surface area contributed by atoms with Gasteiger partial charge in [-0.15, -0.1) is 0 Å². The Balaban J connectivity index is 1.83. The number of hydrogen-bond donors (Lipinski definition) is 1. The van der Waals surface area contributed by atoms with Crippen LogP contribution in [0.25, 0.3) is 0 Å². The zero-order chi connectivity index (χ0) is 9.97. The van der Waals surface area contributed by atoms with E-state index in [9.17, 15) is 0 Å². The van der Waals surface area contributed by atoms with Crippen LogP contribution in [0.4, 0.5) is 0 Å². The van der Waals surface area contributed by atoms with Gasteiger partial charge < -0.3 is 5.73 Å². The van der Waals surface area contributed by atoms with Gasteiger partial charge in [-0.3, -0.25) is 9.80 Å². The number of nitrogens with two attached hydrogens (primary N) is 1. The highest BCUT2D eigenvalue weighted by Gasteiger charge is 2.28. The summed E-state index contributed by atoms with van der Waals surface area (Å²) >= 11 is 0. The van der Waals surface area contributed by atoms with Crippen molar-refractivity contribution < 1.29 is 0 Å². The molecule has 82 valence electrons. The summed E-state index contributed by atoms with van der Waals surface area (Å²) < 4.78 is 0. The fourth-order valence-corrected chi connectivity index (χ4v) is 2.79. The molecule has 0 aromatic rings. The molecule has 3 nitrogen and oxygen atoms in total. The highest BCUT2D eigenvalue weighted by atomic mass is 15.3. The van der Waals surface area contributed by atoms with Gasteiger partial charge in [-0.05, 0) is 26.3 Å². The monoisotopic (exact) mass is 197 g/mol. The minimum atomic E-state index is 0.324. The van der Waals surface area contributed by atoms with E-state index in [4.69, 9.17) is 5.73 Å². The van der Waals surface area contributed by atoms with Crippen LogP contribution in [-0.4, -0.2) is 54.6 Å². The van der Waals surface area contributed by atoms with Crippen LogP contribution in [0.2, 0.25) is 0 Å². The fourth-order valence-electron chi connectivity index (χ4n) is 2.79. The Morgan fingerprint density at radius 2 is 2.14 bits per heavy atom. The van der Waals surface area contributed by atoms with E-state index in [1.54, 1.807) is 0 Å². The van der Waals surface area contributed by atoms with Crippen molar-refractivity contribution in [1.82, 2.24) is 9.80 Å². The van der Waals surface area contributed by atoms with E-state index in [2.05, 4.69) is 16.7 Å². The summed E-state index contributed by atoms with van der Waals surface area (Å²) in [5.74, 6) is 0. The topological polar surface area (TPSA) is 32.5 Å². The molecule has 0 aromatic heterocycles. The first kappa shape index (κ1) is 10.4. The van der Waals surface area contributed by atoms with Gasteiger partial charge in [0.1, 0.15) is 0 Å². The molecule has 2 rings (SSSR count). The lowest BCUT2D eigenvalue weighted by molar-refractivity contribution is 0.0475. The maximum Gasteiger partial charge on any atom is 0.0223 e. The van der Waals surface area contributed by atoms with Crippen molar-refractivity contribution in [3.8, 4) is 0 Å². The van der Waals surface area contributed by atoms with E-state index in [1.807, 2.05) is 0 Å². The van der Waals surface area contributed by atoms with Gasteiger partial charge in [0.25, 0.3) is 0 Å². The molecule has 0 aliphatic carbocycles.